The standard InChI is InChI=1S/C14H16F3NO3/c1-3-11(13(20)21-2)18-12(19)8-9-4-6-10(7-5-9)14(15,16)17/h4-7,11H,3,8H2,1-2H3,(H,18,19)/t11-/m1/s1. The molecule has 0 bridgehead atoms. The summed E-state index contributed by atoms with van der Waals surface area (Å²) in [7, 11) is 1.22. The summed E-state index contributed by atoms with van der Waals surface area (Å²) >= 11 is 0. The Morgan fingerprint density at radius 1 is 1.24 bits per heavy atom. The van der Waals surface area contributed by atoms with Gasteiger partial charge in [0, 0.05) is 0 Å². The van der Waals surface area contributed by atoms with Gasteiger partial charge in [-0.1, -0.05) is 19.1 Å². The lowest BCUT2D eigenvalue weighted by Gasteiger charge is -2.14. The van der Waals surface area contributed by atoms with Crippen LogP contribution in [0.1, 0.15) is 24.5 Å². The number of esters is 1. The molecule has 0 radical (unpaired) electrons. The van der Waals surface area contributed by atoms with Crippen LogP contribution in [-0.4, -0.2) is 25.0 Å². The van der Waals surface area contributed by atoms with Crippen LogP contribution in [0.3, 0.4) is 0 Å². The molecule has 0 aliphatic heterocycles. The number of hydrogen-bond acceptors (Lipinski definition) is 3. The average Bonchev–Trinajstić information content (AvgIpc) is 2.43. The van der Waals surface area contributed by atoms with Gasteiger partial charge in [0.2, 0.25) is 5.91 Å². The van der Waals surface area contributed by atoms with Crippen LogP contribution in [0.25, 0.3) is 0 Å². The van der Waals surface area contributed by atoms with Crippen molar-refractivity contribution in [1.82, 2.24) is 5.32 Å². The minimum absolute atomic E-state index is 0.106. The molecule has 0 saturated heterocycles. The number of rotatable bonds is 5. The molecule has 0 saturated carbocycles. The second-order valence-electron chi connectivity index (χ2n) is 4.42. The lowest BCUT2D eigenvalue weighted by Crippen LogP contribution is -2.41. The third-order valence-electron chi connectivity index (χ3n) is 2.88. The van der Waals surface area contributed by atoms with Crippen LogP contribution in [0.5, 0.6) is 0 Å². The lowest BCUT2D eigenvalue weighted by atomic mass is 10.1. The maximum atomic E-state index is 12.4. The van der Waals surface area contributed by atoms with Crippen LogP contribution in [-0.2, 0) is 26.9 Å². The van der Waals surface area contributed by atoms with Gasteiger partial charge >= 0.3 is 12.1 Å². The van der Waals surface area contributed by atoms with Gasteiger partial charge in [0.1, 0.15) is 6.04 Å². The van der Waals surface area contributed by atoms with Crippen molar-refractivity contribution in [3.8, 4) is 0 Å². The van der Waals surface area contributed by atoms with Crippen LogP contribution in [0, 0.1) is 0 Å². The maximum Gasteiger partial charge on any atom is 0.416 e. The summed E-state index contributed by atoms with van der Waals surface area (Å²) in [6.45, 7) is 1.71. The van der Waals surface area contributed by atoms with Crippen LogP contribution < -0.4 is 5.32 Å². The largest absolute Gasteiger partial charge is 0.467 e. The highest BCUT2D eigenvalue weighted by molar-refractivity contribution is 5.85. The van der Waals surface area contributed by atoms with E-state index in [-0.39, 0.29) is 6.42 Å². The SMILES string of the molecule is CC[C@@H](NC(=O)Cc1ccc(C(F)(F)F)cc1)C(=O)OC. The fourth-order valence-electron chi connectivity index (χ4n) is 1.71. The minimum atomic E-state index is -4.40. The Bertz CT molecular complexity index is 497. The second-order valence-corrected chi connectivity index (χ2v) is 4.42. The van der Waals surface area contributed by atoms with Crippen molar-refractivity contribution in [3.05, 3.63) is 35.4 Å². The summed E-state index contributed by atoms with van der Waals surface area (Å²) in [6.07, 6.45) is -4.14. The number of halogens is 3. The molecule has 1 atom stereocenters. The molecule has 0 heterocycles. The van der Waals surface area contributed by atoms with Gasteiger partial charge < -0.3 is 10.1 Å². The molecule has 116 valence electrons. The Labute approximate surface area is 120 Å². The van der Waals surface area contributed by atoms with Gasteiger partial charge in [0.25, 0.3) is 0 Å². The molecule has 21 heavy (non-hydrogen) atoms. The van der Waals surface area contributed by atoms with Crippen LogP contribution in [0.4, 0.5) is 13.2 Å². The highest BCUT2D eigenvalue weighted by Gasteiger charge is 2.30. The second kappa shape index (κ2) is 7.10. The monoisotopic (exact) mass is 303 g/mol. The molecule has 0 spiro atoms. The lowest BCUT2D eigenvalue weighted by molar-refractivity contribution is -0.145. The van der Waals surface area contributed by atoms with E-state index in [2.05, 4.69) is 10.1 Å². The van der Waals surface area contributed by atoms with Gasteiger partial charge in [-0.3, -0.25) is 4.79 Å². The molecular weight excluding hydrogens is 287 g/mol. The van der Waals surface area contributed by atoms with Crippen molar-refractivity contribution in [2.45, 2.75) is 32.0 Å². The number of alkyl halides is 3. The zero-order valence-electron chi connectivity index (χ0n) is 11.7. The summed E-state index contributed by atoms with van der Waals surface area (Å²) in [5, 5.41) is 2.48. The highest BCUT2D eigenvalue weighted by atomic mass is 19.4. The van der Waals surface area contributed by atoms with Crippen molar-refractivity contribution in [2.24, 2.45) is 0 Å². The Balaban J connectivity index is 2.65. The first-order valence-electron chi connectivity index (χ1n) is 6.31. The van der Waals surface area contributed by atoms with Crippen molar-refractivity contribution >= 4 is 11.9 Å². The zero-order valence-corrected chi connectivity index (χ0v) is 11.7. The van der Waals surface area contributed by atoms with E-state index in [1.165, 1.54) is 19.2 Å². The summed E-state index contributed by atoms with van der Waals surface area (Å²) in [6, 6.07) is 3.56. The van der Waals surface area contributed by atoms with Crippen LogP contribution >= 0.6 is 0 Å². The minimum Gasteiger partial charge on any atom is -0.467 e. The molecule has 7 heteroatoms. The molecule has 1 N–H and O–H groups in total. The molecular formula is C14H16F3NO3. The molecule has 0 fully saturated rings. The highest BCUT2D eigenvalue weighted by Crippen LogP contribution is 2.29. The normalized spacial score (nSPS) is 12.6. The van der Waals surface area contributed by atoms with Gasteiger partial charge in [-0.15, -0.1) is 0 Å². The van der Waals surface area contributed by atoms with E-state index in [0.29, 0.717) is 12.0 Å². The fourth-order valence-corrected chi connectivity index (χ4v) is 1.71. The molecule has 0 aromatic heterocycles. The topological polar surface area (TPSA) is 55.4 Å². The quantitative estimate of drug-likeness (QED) is 0.849. The number of ether oxygens (including phenoxy) is 1. The molecule has 1 amide bonds. The molecule has 1 aromatic rings. The molecule has 4 nitrogen and oxygen atoms in total. The Kier molecular flexibility index (Phi) is 5.75. The van der Waals surface area contributed by atoms with Gasteiger partial charge in [-0.25, -0.2) is 4.79 Å². The fraction of sp³-hybridized carbons (Fsp3) is 0.429. The van der Waals surface area contributed by atoms with E-state index in [9.17, 15) is 22.8 Å². The van der Waals surface area contributed by atoms with Gasteiger partial charge in [0.05, 0.1) is 19.1 Å². The third-order valence-corrected chi connectivity index (χ3v) is 2.88. The number of carbonyl (C=O) groups is 2. The number of nitrogens with one attached hydrogen (secondary N) is 1. The Morgan fingerprint density at radius 2 is 1.81 bits per heavy atom. The van der Waals surface area contributed by atoms with E-state index in [4.69, 9.17) is 0 Å². The van der Waals surface area contributed by atoms with E-state index in [1.54, 1.807) is 6.92 Å². The van der Waals surface area contributed by atoms with Gasteiger partial charge in [0.15, 0.2) is 0 Å². The first kappa shape index (κ1) is 17.0. The molecule has 0 unspecified atom stereocenters. The van der Waals surface area contributed by atoms with Crippen molar-refractivity contribution in [2.75, 3.05) is 7.11 Å². The molecule has 0 aliphatic rings. The van der Waals surface area contributed by atoms with Crippen LogP contribution in [0.2, 0.25) is 0 Å². The van der Waals surface area contributed by atoms with Crippen molar-refractivity contribution in [1.29, 1.82) is 0 Å². The summed E-state index contributed by atoms with van der Waals surface area (Å²) < 4.78 is 41.7. The Hall–Kier alpha value is -2.05. The average molecular weight is 303 g/mol. The van der Waals surface area contributed by atoms with E-state index >= 15 is 0 Å². The third kappa shape index (κ3) is 5.09. The van der Waals surface area contributed by atoms with Crippen molar-refractivity contribution in [3.63, 3.8) is 0 Å². The number of carbonyl (C=O) groups excluding carboxylic acids is 2. The summed E-state index contributed by atoms with van der Waals surface area (Å²) in [4.78, 5) is 23.1. The van der Waals surface area contributed by atoms with E-state index < -0.39 is 29.7 Å². The first-order chi connectivity index (χ1) is 9.77. The summed E-state index contributed by atoms with van der Waals surface area (Å²) in [5.74, 6) is -1.01. The molecule has 1 aromatic carbocycles. The Morgan fingerprint density at radius 3 is 2.24 bits per heavy atom. The van der Waals surface area contributed by atoms with Gasteiger partial charge in [-0.05, 0) is 24.1 Å². The predicted molar refractivity (Wildman–Crippen MR) is 69.4 cm³/mol. The van der Waals surface area contributed by atoms with E-state index in [0.717, 1.165) is 12.1 Å². The predicted octanol–water partition coefficient (Wildman–Crippen LogP) is 2.32. The van der Waals surface area contributed by atoms with Crippen molar-refractivity contribution < 1.29 is 27.5 Å². The first-order valence-corrected chi connectivity index (χ1v) is 6.31. The summed E-state index contributed by atoms with van der Waals surface area (Å²) in [5.41, 5.74) is -0.340. The van der Waals surface area contributed by atoms with E-state index in [1.807, 2.05) is 0 Å². The molecule has 1 rings (SSSR count). The van der Waals surface area contributed by atoms with Crippen LogP contribution in [0.15, 0.2) is 24.3 Å². The number of benzene rings is 1. The maximum absolute atomic E-state index is 12.4. The smallest absolute Gasteiger partial charge is 0.416 e. The molecule has 0 aliphatic carbocycles. The number of methoxy groups -OCH3 is 1. The zero-order chi connectivity index (χ0) is 16.0. The number of hydrogen-bond donors (Lipinski definition) is 1. The number of amides is 1. The van der Waals surface area contributed by atoms with Gasteiger partial charge in [-0.2, -0.15) is 13.2 Å².